The van der Waals surface area contributed by atoms with Crippen molar-refractivity contribution in [3.63, 3.8) is 0 Å². The molecular formula is C33H37N5O4. The monoisotopic (exact) mass is 567 g/mol. The van der Waals surface area contributed by atoms with Gasteiger partial charge in [0.05, 0.1) is 16.6 Å². The minimum Gasteiger partial charge on any atom is -0.465 e. The third kappa shape index (κ3) is 7.61. The molecule has 1 aromatic heterocycles. The van der Waals surface area contributed by atoms with Crippen molar-refractivity contribution in [2.24, 2.45) is 5.92 Å². The third-order valence-electron chi connectivity index (χ3n) is 8.17. The van der Waals surface area contributed by atoms with Crippen LogP contribution in [0.2, 0.25) is 0 Å². The van der Waals surface area contributed by atoms with Crippen LogP contribution < -0.4 is 0 Å². The number of carboxylic acid groups (broad SMARTS) is 1. The molecule has 4 aromatic rings. The van der Waals surface area contributed by atoms with Gasteiger partial charge < -0.3 is 14.9 Å². The number of non-ortho nitro benzene ring substituents is 1. The normalized spacial score (nSPS) is 15.2. The Morgan fingerprint density at radius 2 is 1.76 bits per heavy atom. The van der Waals surface area contributed by atoms with Gasteiger partial charge in [-0.25, -0.2) is 4.79 Å². The second-order valence-electron chi connectivity index (χ2n) is 11.0. The second kappa shape index (κ2) is 13.9. The van der Waals surface area contributed by atoms with E-state index in [-0.39, 0.29) is 18.8 Å². The van der Waals surface area contributed by atoms with Crippen LogP contribution in [0.1, 0.15) is 36.3 Å². The van der Waals surface area contributed by atoms with E-state index in [1.165, 1.54) is 28.1 Å². The molecule has 1 atom stereocenters. The standard InChI is InChI=1S/C33H37N5O4/c39-33(40)36(24-27-12-14-31(15-13-27)38(41)42)19-6-7-26-16-20-35(21-17-26)22-18-30(28-8-2-1-3-9-28)25-37-32-11-5-4-10-29(32)23-34-37/h1-15,23,26,30H,16-22,24-25H2,(H,39,40). The van der Waals surface area contributed by atoms with Crippen LogP contribution in [0, 0.1) is 16.0 Å². The SMILES string of the molecule is O=C(O)N(CC=CC1CCN(CCC(Cn2ncc3ccccc32)c2ccccc2)CC1)Cc1ccc([N+](=O)[O-])cc1. The number of nitro benzene ring substituents is 1. The quantitative estimate of drug-likeness (QED) is 0.118. The molecule has 1 fully saturated rings. The minimum atomic E-state index is -1.01. The number of rotatable bonds is 12. The van der Waals surface area contributed by atoms with Gasteiger partial charge in [0.1, 0.15) is 0 Å². The highest BCUT2D eigenvalue weighted by Crippen LogP contribution is 2.26. The van der Waals surface area contributed by atoms with Crippen molar-refractivity contribution >= 4 is 22.7 Å². The molecule has 1 aliphatic heterocycles. The number of likely N-dealkylation sites (tertiary alicyclic amines) is 1. The zero-order valence-corrected chi connectivity index (χ0v) is 23.7. The molecule has 1 amide bonds. The molecule has 1 N–H and O–H groups in total. The van der Waals surface area contributed by atoms with Gasteiger partial charge in [0.2, 0.25) is 0 Å². The first kappa shape index (κ1) is 29.0. The van der Waals surface area contributed by atoms with Crippen LogP contribution in [0.15, 0.2) is 97.2 Å². The van der Waals surface area contributed by atoms with Crippen LogP contribution in [0.4, 0.5) is 10.5 Å². The van der Waals surface area contributed by atoms with Crippen molar-refractivity contribution in [1.82, 2.24) is 19.6 Å². The van der Waals surface area contributed by atoms with E-state index < -0.39 is 11.0 Å². The molecule has 42 heavy (non-hydrogen) atoms. The number of hydrogen-bond donors (Lipinski definition) is 1. The lowest BCUT2D eigenvalue weighted by molar-refractivity contribution is -0.384. The van der Waals surface area contributed by atoms with Gasteiger partial charge in [0.15, 0.2) is 0 Å². The Balaban J connectivity index is 1.11. The topological polar surface area (TPSA) is 105 Å². The van der Waals surface area contributed by atoms with Gasteiger partial charge in [-0.15, -0.1) is 0 Å². The zero-order valence-electron chi connectivity index (χ0n) is 23.7. The van der Waals surface area contributed by atoms with Gasteiger partial charge in [-0.1, -0.05) is 72.8 Å². The fourth-order valence-electron chi connectivity index (χ4n) is 5.71. The molecule has 0 spiro atoms. The van der Waals surface area contributed by atoms with E-state index >= 15 is 0 Å². The summed E-state index contributed by atoms with van der Waals surface area (Å²) < 4.78 is 2.13. The summed E-state index contributed by atoms with van der Waals surface area (Å²) in [5.74, 6) is 0.793. The number of amides is 1. The molecule has 0 bridgehead atoms. The summed E-state index contributed by atoms with van der Waals surface area (Å²) in [5, 5.41) is 26.3. The Hall–Kier alpha value is -4.50. The summed E-state index contributed by atoms with van der Waals surface area (Å²) in [6, 6.07) is 25.1. The number of allylic oxidation sites excluding steroid dienone is 1. The minimum absolute atomic E-state index is 0.00558. The van der Waals surface area contributed by atoms with Crippen LogP contribution in [-0.2, 0) is 13.1 Å². The molecule has 1 aliphatic rings. The number of benzene rings is 3. The van der Waals surface area contributed by atoms with Crippen molar-refractivity contribution < 1.29 is 14.8 Å². The Morgan fingerprint density at radius 1 is 1.05 bits per heavy atom. The van der Waals surface area contributed by atoms with Crippen LogP contribution in [0.3, 0.4) is 0 Å². The van der Waals surface area contributed by atoms with Crippen molar-refractivity contribution in [2.45, 2.75) is 38.3 Å². The molecule has 0 radical (unpaired) electrons. The molecule has 0 aliphatic carbocycles. The van der Waals surface area contributed by atoms with Gasteiger partial charge in [-0.3, -0.25) is 14.8 Å². The van der Waals surface area contributed by atoms with Crippen LogP contribution in [0.5, 0.6) is 0 Å². The highest BCUT2D eigenvalue weighted by molar-refractivity contribution is 5.78. The first-order valence-corrected chi connectivity index (χ1v) is 14.5. The highest BCUT2D eigenvalue weighted by atomic mass is 16.6. The highest BCUT2D eigenvalue weighted by Gasteiger charge is 2.21. The zero-order chi connectivity index (χ0) is 29.3. The lowest BCUT2D eigenvalue weighted by Crippen LogP contribution is -2.35. The number of nitro groups is 1. The average molecular weight is 568 g/mol. The number of para-hydroxylation sites is 1. The molecule has 1 unspecified atom stereocenters. The van der Waals surface area contributed by atoms with E-state index in [2.05, 4.69) is 69.3 Å². The molecule has 1 saturated heterocycles. The summed E-state index contributed by atoms with van der Waals surface area (Å²) in [6.07, 6.45) is 8.18. The first-order chi connectivity index (χ1) is 20.5. The van der Waals surface area contributed by atoms with Crippen LogP contribution >= 0.6 is 0 Å². The molecule has 3 aromatic carbocycles. The molecule has 5 rings (SSSR count). The summed E-state index contributed by atoms with van der Waals surface area (Å²) >= 11 is 0. The molecule has 218 valence electrons. The maximum atomic E-state index is 11.8. The molecule has 9 heteroatoms. The van der Waals surface area contributed by atoms with Crippen LogP contribution in [0.25, 0.3) is 10.9 Å². The number of carbonyl (C=O) groups is 1. The van der Waals surface area contributed by atoms with E-state index in [1.54, 1.807) is 12.1 Å². The largest absolute Gasteiger partial charge is 0.465 e. The van der Waals surface area contributed by atoms with Crippen molar-refractivity contribution in [1.29, 1.82) is 0 Å². The fourth-order valence-corrected chi connectivity index (χ4v) is 5.71. The molecule has 2 heterocycles. The van der Waals surface area contributed by atoms with E-state index in [0.29, 0.717) is 11.8 Å². The lowest BCUT2D eigenvalue weighted by atomic mass is 9.93. The van der Waals surface area contributed by atoms with Gasteiger partial charge in [-0.05, 0) is 62.0 Å². The van der Waals surface area contributed by atoms with Gasteiger partial charge in [-0.2, -0.15) is 5.10 Å². The number of aromatic nitrogens is 2. The van der Waals surface area contributed by atoms with Gasteiger partial charge >= 0.3 is 6.09 Å². The third-order valence-corrected chi connectivity index (χ3v) is 8.17. The second-order valence-corrected chi connectivity index (χ2v) is 11.0. The van der Waals surface area contributed by atoms with E-state index in [0.717, 1.165) is 56.4 Å². The Bertz CT molecular complexity index is 1490. The predicted molar refractivity (Wildman–Crippen MR) is 163 cm³/mol. The summed E-state index contributed by atoms with van der Waals surface area (Å²) in [5.41, 5.74) is 3.22. The number of fused-ring (bicyclic) bond motifs is 1. The van der Waals surface area contributed by atoms with E-state index in [9.17, 15) is 20.0 Å². The number of hydrogen-bond acceptors (Lipinski definition) is 5. The number of nitrogens with zero attached hydrogens (tertiary/aromatic N) is 5. The van der Waals surface area contributed by atoms with E-state index in [4.69, 9.17) is 0 Å². The number of piperidine rings is 1. The van der Waals surface area contributed by atoms with Gasteiger partial charge in [0, 0.05) is 43.1 Å². The Labute approximate surface area is 245 Å². The molecular weight excluding hydrogens is 530 g/mol. The smallest absolute Gasteiger partial charge is 0.407 e. The van der Waals surface area contributed by atoms with Crippen LogP contribution in [-0.4, -0.2) is 61.9 Å². The van der Waals surface area contributed by atoms with Gasteiger partial charge in [0.25, 0.3) is 5.69 Å². The average Bonchev–Trinajstić information content (AvgIpc) is 3.42. The molecule has 9 nitrogen and oxygen atoms in total. The maximum Gasteiger partial charge on any atom is 0.407 e. The Morgan fingerprint density at radius 3 is 2.48 bits per heavy atom. The summed E-state index contributed by atoms with van der Waals surface area (Å²) in [6.45, 7) is 4.38. The Kier molecular flexibility index (Phi) is 9.61. The van der Waals surface area contributed by atoms with E-state index in [1.807, 2.05) is 18.3 Å². The maximum absolute atomic E-state index is 11.8. The van der Waals surface area contributed by atoms with Crippen molar-refractivity contribution in [3.8, 4) is 0 Å². The fraction of sp³-hybridized carbons (Fsp3) is 0.333. The lowest BCUT2D eigenvalue weighted by Gasteiger charge is -2.32. The van der Waals surface area contributed by atoms with Crippen molar-refractivity contribution in [2.75, 3.05) is 26.2 Å². The summed E-state index contributed by atoms with van der Waals surface area (Å²) in [4.78, 5) is 26.0. The predicted octanol–water partition coefficient (Wildman–Crippen LogP) is 6.57. The first-order valence-electron chi connectivity index (χ1n) is 14.5. The van der Waals surface area contributed by atoms with Crippen molar-refractivity contribution in [3.05, 3.63) is 118 Å². The summed E-state index contributed by atoms with van der Waals surface area (Å²) in [7, 11) is 0. The molecule has 0 saturated carbocycles.